The molecule has 1 aliphatic rings. The van der Waals surface area contributed by atoms with Gasteiger partial charge in [-0.1, -0.05) is 27.7 Å². The maximum atomic E-state index is 14.2. The summed E-state index contributed by atoms with van der Waals surface area (Å²) < 4.78 is 0. The predicted molar refractivity (Wildman–Crippen MR) is 222 cm³/mol. The Morgan fingerprint density at radius 3 is 1.64 bits per heavy atom. The van der Waals surface area contributed by atoms with Gasteiger partial charge in [0.1, 0.15) is 42.3 Å². The number of aliphatic hydroxyl groups excluding tert-OH is 1. The van der Waals surface area contributed by atoms with Crippen LogP contribution in [0, 0.1) is 11.8 Å². The van der Waals surface area contributed by atoms with Crippen LogP contribution in [0.3, 0.4) is 0 Å². The first-order valence-electron chi connectivity index (χ1n) is 20.7. The Kier molecular flexibility index (Phi) is 24.9. The highest BCUT2D eigenvalue weighted by Gasteiger charge is 2.40. The highest BCUT2D eigenvalue weighted by atomic mass is 16.4. The van der Waals surface area contributed by atoms with Crippen LogP contribution in [0.5, 0.6) is 0 Å². The number of nitrogens with two attached hydrogens (primary N) is 5. The number of rotatable bonds is 29. The van der Waals surface area contributed by atoms with Gasteiger partial charge in [0.2, 0.25) is 35.4 Å². The minimum atomic E-state index is -1.26. The molecule has 0 saturated carbocycles. The molecule has 17 N–H and O–H groups in total. The number of hydrogen-bond acceptors (Lipinski definition) is 12. The Morgan fingerprint density at radius 2 is 1.15 bits per heavy atom. The lowest BCUT2D eigenvalue weighted by Crippen LogP contribution is -2.60. The van der Waals surface area contributed by atoms with Crippen LogP contribution in [-0.2, 0) is 33.6 Å². The quantitative estimate of drug-likeness (QED) is 0.0206. The summed E-state index contributed by atoms with van der Waals surface area (Å²) in [4.78, 5) is 99.0. The van der Waals surface area contributed by atoms with Crippen molar-refractivity contribution in [3.8, 4) is 0 Å². The molecule has 1 saturated heterocycles. The molecule has 0 aliphatic carbocycles. The predicted octanol–water partition coefficient (Wildman–Crippen LogP) is -2.79. The number of amides is 6. The molecule has 1 heterocycles. The summed E-state index contributed by atoms with van der Waals surface area (Å²) >= 11 is 0. The third-order valence-corrected chi connectivity index (χ3v) is 9.75. The number of aliphatic carboxylic acids is 1. The number of aliphatic imine (C=N–C) groups is 1. The molecule has 7 atom stereocenters. The molecule has 0 unspecified atom stereocenters. The van der Waals surface area contributed by atoms with E-state index in [-0.39, 0.29) is 69.4 Å². The molecule has 0 aromatic heterocycles. The van der Waals surface area contributed by atoms with E-state index in [0.29, 0.717) is 51.6 Å². The molecule has 0 radical (unpaired) electrons. The van der Waals surface area contributed by atoms with Crippen LogP contribution in [-0.4, -0.2) is 138 Å². The van der Waals surface area contributed by atoms with Gasteiger partial charge >= 0.3 is 5.97 Å². The number of nitrogens with one attached hydrogen (secondary N) is 5. The zero-order valence-corrected chi connectivity index (χ0v) is 35.3. The lowest BCUT2D eigenvalue weighted by atomic mass is 10.00. The average Bonchev–Trinajstić information content (AvgIpc) is 3.67. The summed E-state index contributed by atoms with van der Waals surface area (Å²) in [6.45, 7) is 7.78. The SMILES string of the molecule is CC(C)C[C@H](NC(=O)[C@@H](N)CO)C(=O)N[C@@H](CCCCN)C(=O)N[C@@H](CCCN=C(N)N)C(=O)N[C@@H](CC(C)C)C(=O)N1CCC[C@H]1C(=O)N[C@@H](CCCCN)C(=O)O. The third-order valence-electron chi connectivity index (χ3n) is 9.75. The zero-order chi connectivity index (χ0) is 44.7. The highest BCUT2D eigenvalue weighted by molar-refractivity contribution is 5.97. The van der Waals surface area contributed by atoms with Gasteiger partial charge in [-0.25, -0.2) is 4.79 Å². The van der Waals surface area contributed by atoms with E-state index in [9.17, 15) is 43.8 Å². The van der Waals surface area contributed by atoms with E-state index in [1.54, 1.807) is 0 Å². The molecular weight excluding hydrogens is 768 g/mol. The number of carboxylic acids is 1. The minimum absolute atomic E-state index is 0.0287. The number of guanidine groups is 1. The van der Waals surface area contributed by atoms with E-state index in [2.05, 4.69) is 31.6 Å². The summed E-state index contributed by atoms with van der Waals surface area (Å²) in [5, 5.41) is 32.4. The highest BCUT2D eigenvalue weighted by Crippen LogP contribution is 2.21. The van der Waals surface area contributed by atoms with Crippen LogP contribution in [0.1, 0.15) is 105 Å². The van der Waals surface area contributed by atoms with Gasteiger partial charge in [0.05, 0.1) is 6.61 Å². The summed E-state index contributed by atoms with van der Waals surface area (Å²) in [6, 6.07) is -7.98. The molecule has 1 fully saturated rings. The average molecular weight is 841 g/mol. The van der Waals surface area contributed by atoms with E-state index in [4.69, 9.17) is 28.7 Å². The first-order chi connectivity index (χ1) is 27.9. The molecule has 0 aromatic carbocycles. The Morgan fingerprint density at radius 1 is 0.678 bits per heavy atom. The molecule has 0 bridgehead atoms. The van der Waals surface area contributed by atoms with Gasteiger partial charge in [-0.15, -0.1) is 0 Å². The summed E-state index contributed by atoms with van der Waals surface area (Å²) in [6.07, 6.45) is 3.77. The van der Waals surface area contributed by atoms with E-state index in [1.807, 2.05) is 27.7 Å². The van der Waals surface area contributed by atoms with E-state index in [0.717, 1.165) is 0 Å². The normalized spacial score (nSPS) is 16.9. The van der Waals surface area contributed by atoms with Crippen LogP contribution in [0.4, 0.5) is 0 Å². The smallest absolute Gasteiger partial charge is 0.326 e. The molecule has 0 spiro atoms. The lowest BCUT2D eigenvalue weighted by Gasteiger charge is -2.31. The number of carbonyl (C=O) groups is 7. The third kappa shape index (κ3) is 19.8. The number of aliphatic hydroxyl groups is 1. The molecule has 0 aromatic rings. The monoisotopic (exact) mass is 841 g/mol. The topological polar surface area (TPSA) is 366 Å². The summed E-state index contributed by atoms with van der Waals surface area (Å²) in [7, 11) is 0. The Labute approximate surface area is 347 Å². The maximum absolute atomic E-state index is 14.2. The first kappa shape index (κ1) is 52.4. The first-order valence-corrected chi connectivity index (χ1v) is 20.7. The van der Waals surface area contributed by atoms with Crippen molar-refractivity contribution in [1.82, 2.24) is 31.5 Å². The van der Waals surface area contributed by atoms with E-state index < -0.39 is 90.3 Å². The number of nitrogens with zero attached hydrogens (tertiary/aromatic N) is 2. The Balaban J connectivity index is 3.39. The second-order valence-electron chi connectivity index (χ2n) is 15.9. The van der Waals surface area contributed by atoms with Crippen molar-refractivity contribution in [2.45, 2.75) is 147 Å². The summed E-state index contributed by atoms with van der Waals surface area (Å²) in [5.41, 5.74) is 27.9. The Bertz CT molecular complexity index is 1400. The number of carboxylic acid groups (broad SMARTS) is 1. The van der Waals surface area contributed by atoms with Crippen LogP contribution in [0.15, 0.2) is 4.99 Å². The number of carbonyl (C=O) groups excluding carboxylic acids is 6. The van der Waals surface area contributed by atoms with Crippen molar-refractivity contribution < 1.29 is 43.8 Å². The fourth-order valence-electron chi connectivity index (χ4n) is 6.63. The van der Waals surface area contributed by atoms with Crippen LogP contribution in [0.2, 0.25) is 0 Å². The summed E-state index contributed by atoms with van der Waals surface area (Å²) in [5.74, 6) is -5.49. The fourth-order valence-corrected chi connectivity index (χ4v) is 6.63. The molecular formula is C38H72N12O9. The van der Waals surface area contributed by atoms with Crippen molar-refractivity contribution >= 4 is 47.4 Å². The van der Waals surface area contributed by atoms with Crippen molar-refractivity contribution in [1.29, 1.82) is 0 Å². The van der Waals surface area contributed by atoms with Gasteiger partial charge in [-0.05, 0) is 102 Å². The molecule has 1 aliphatic heterocycles. The van der Waals surface area contributed by atoms with Crippen molar-refractivity contribution in [2.24, 2.45) is 45.5 Å². The van der Waals surface area contributed by atoms with Crippen LogP contribution >= 0.6 is 0 Å². The van der Waals surface area contributed by atoms with Gasteiger partial charge in [0, 0.05) is 13.1 Å². The van der Waals surface area contributed by atoms with Crippen LogP contribution in [0.25, 0.3) is 0 Å². The van der Waals surface area contributed by atoms with E-state index in [1.165, 1.54) is 4.90 Å². The molecule has 21 nitrogen and oxygen atoms in total. The van der Waals surface area contributed by atoms with Crippen molar-refractivity contribution in [3.63, 3.8) is 0 Å². The number of hydrogen-bond donors (Lipinski definition) is 12. The van der Waals surface area contributed by atoms with Crippen molar-refractivity contribution in [3.05, 3.63) is 0 Å². The Hall–Kier alpha value is -4.60. The standard InChI is InChI=1S/C38H72N12O9/c1-22(2)19-28(48-31(52)24(41)21-51)34(55)46-25(11-5-7-15-39)32(53)45-26(13-9-17-44-38(42)43)33(54)49-29(20-23(3)4)36(57)50-18-10-14-30(50)35(56)47-27(37(58)59)12-6-8-16-40/h22-30,51H,5-21,39-41H2,1-4H3,(H,45,53)(H,46,55)(H,47,56)(H,48,52)(H,49,54)(H,58,59)(H4,42,43,44)/t24-,25-,26-,27-,28-,29-,30-/m0/s1. The minimum Gasteiger partial charge on any atom is -0.480 e. The molecule has 6 amide bonds. The van der Waals surface area contributed by atoms with Gasteiger partial charge in [-0.3, -0.25) is 33.8 Å². The number of likely N-dealkylation sites (tertiary alicyclic amines) is 1. The maximum Gasteiger partial charge on any atom is 0.326 e. The molecule has 338 valence electrons. The molecule has 59 heavy (non-hydrogen) atoms. The van der Waals surface area contributed by atoms with Crippen molar-refractivity contribution in [2.75, 3.05) is 32.8 Å². The van der Waals surface area contributed by atoms with E-state index >= 15 is 0 Å². The largest absolute Gasteiger partial charge is 0.480 e. The zero-order valence-electron chi connectivity index (χ0n) is 35.3. The van der Waals surface area contributed by atoms with Gasteiger partial charge in [0.25, 0.3) is 0 Å². The number of unbranched alkanes of at least 4 members (excludes halogenated alkanes) is 2. The molecule has 21 heteroatoms. The second kappa shape index (κ2) is 28.0. The lowest BCUT2D eigenvalue weighted by molar-refractivity contribution is -0.145. The molecule has 1 rings (SSSR count). The van der Waals surface area contributed by atoms with Gasteiger partial charge in [-0.2, -0.15) is 0 Å². The fraction of sp³-hybridized carbons (Fsp3) is 0.789. The second-order valence-corrected chi connectivity index (χ2v) is 15.9. The van der Waals surface area contributed by atoms with Gasteiger partial charge in [0.15, 0.2) is 5.96 Å². The van der Waals surface area contributed by atoms with Crippen LogP contribution < -0.4 is 55.3 Å². The van der Waals surface area contributed by atoms with Gasteiger partial charge < -0.3 is 70.4 Å².